The Morgan fingerprint density at radius 2 is 2.31 bits per heavy atom. The van der Waals surface area contributed by atoms with Gasteiger partial charge in [0.1, 0.15) is 0 Å². The van der Waals surface area contributed by atoms with Crippen LogP contribution in [0.15, 0.2) is 18.2 Å². The average molecular weight is 241 g/mol. The number of nitrogens with two attached hydrogens (primary N) is 1. The Hall–Kier alpha value is -0.770. The number of nitrogens with zero attached hydrogens (tertiary/aromatic N) is 1. The number of hydrogen-bond donors (Lipinski definition) is 2. The van der Waals surface area contributed by atoms with Crippen LogP contribution in [0.3, 0.4) is 0 Å². The molecule has 0 radical (unpaired) electrons. The molecule has 88 valence electrons. The molecule has 2 rings (SSSR count). The highest BCUT2D eigenvalue weighted by Gasteiger charge is 2.21. The van der Waals surface area contributed by atoms with E-state index in [1.54, 1.807) is 0 Å². The Balaban J connectivity index is 2.21. The van der Waals surface area contributed by atoms with Crippen molar-refractivity contribution in [1.82, 2.24) is 0 Å². The molecule has 1 aromatic rings. The number of aliphatic hydroxyl groups is 1. The van der Waals surface area contributed by atoms with Crippen LogP contribution in [0.2, 0.25) is 5.02 Å². The first kappa shape index (κ1) is 11.7. The fraction of sp³-hybridized carbons (Fsp3) is 0.500. The van der Waals surface area contributed by atoms with Crippen molar-refractivity contribution < 1.29 is 5.11 Å². The van der Waals surface area contributed by atoms with Gasteiger partial charge in [0.15, 0.2) is 0 Å². The van der Waals surface area contributed by atoms with Crippen molar-refractivity contribution in [2.75, 3.05) is 18.0 Å². The van der Waals surface area contributed by atoms with Gasteiger partial charge in [-0.1, -0.05) is 17.7 Å². The lowest BCUT2D eigenvalue weighted by Crippen LogP contribution is -2.21. The van der Waals surface area contributed by atoms with Crippen LogP contribution in [0.1, 0.15) is 24.9 Å². The van der Waals surface area contributed by atoms with Crippen LogP contribution in [0.4, 0.5) is 5.69 Å². The van der Waals surface area contributed by atoms with E-state index in [1.165, 1.54) is 0 Å². The Bertz CT molecular complexity index is 381. The number of aliphatic hydroxyl groups excluding tert-OH is 1. The lowest BCUT2D eigenvalue weighted by molar-refractivity contribution is 0.198. The normalized spacial score (nSPS) is 22.5. The molecule has 1 aliphatic rings. The molecule has 0 spiro atoms. The summed E-state index contributed by atoms with van der Waals surface area (Å²) in [4.78, 5) is 2.14. The van der Waals surface area contributed by atoms with Gasteiger partial charge in [0.05, 0.1) is 6.10 Å². The van der Waals surface area contributed by atoms with E-state index < -0.39 is 0 Å². The quantitative estimate of drug-likeness (QED) is 0.831. The maximum Gasteiger partial charge on any atom is 0.0731 e. The van der Waals surface area contributed by atoms with E-state index in [9.17, 15) is 5.11 Å². The molecule has 0 saturated carbocycles. The van der Waals surface area contributed by atoms with Crippen LogP contribution in [-0.4, -0.2) is 24.3 Å². The molecule has 16 heavy (non-hydrogen) atoms. The van der Waals surface area contributed by atoms with Gasteiger partial charge < -0.3 is 15.7 Å². The summed E-state index contributed by atoms with van der Waals surface area (Å²) < 4.78 is 0. The number of β-amino-alcohol motifs (C(OH)–C–C–N with tert-alkyl or cyclic N) is 1. The van der Waals surface area contributed by atoms with Gasteiger partial charge in [0.2, 0.25) is 0 Å². The molecule has 1 fully saturated rings. The van der Waals surface area contributed by atoms with Crippen molar-refractivity contribution in [2.24, 2.45) is 5.73 Å². The molecule has 2 unspecified atom stereocenters. The van der Waals surface area contributed by atoms with Crippen LogP contribution in [0, 0.1) is 0 Å². The van der Waals surface area contributed by atoms with Gasteiger partial charge in [0.25, 0.3) is 0 Å². The third-order valence-electron chi connectivity index (χ3n) is 3.00. The molecule has 0 aliphatic carbocycles. The molecule has 1 aromatic carbocycles. The topological polar surface area (TPSA) is 49.5 Å². The highest BCUT2D eigenvalue weighted by molar-refractivity contribution is 6.31. The molecular formula is C12H17ClN2O. The van der Waals surface area contributed by atoms with E-state index in [0.717, 1.165) is 24.2 Å². The smallest absolute Gasteiger partial charge is 0.0731 e. The summed E-state index contributed by atoms with van der Waals surface area (Å²) in [5.41, 5.74) is 7.83. The number of benzene rings is 1. The van der Waals surface area contributed by atoms with E-state index in [2.05, 4.69) is 4.90 Å². The molecule has 1 heterocycles. The first-order chi connectivity index (χ1) is 7.58. The first-order valence-corrected chi connectivity index (χ1v) is 5.94. The van der Waals surface area contributed by atoms with Crippen LogP contribution < -0.4 is 10.6 Å². The molecule has 3 N–H and O–H groups in total. The van der Waals surface area contributed by atoms with Crippen molar-refractivity contribution in [3.63, 3.8) is 0 Å². The van der Waals surface area contributed by atoms with Gasteiger partial charge in [-0.25, -0.2) is 0 Å². The van der Waals surface area contributed by atoms with Gasteiger partial charge in [-0.3, -0.25) is 0 Å². The Morgan fingerprint density at radius 1 is 1.56 bits per heavy atom. The summed E-state index contributed by atoms with van der Waals surface area (Å²) in [6, 6.07) is 5.86. The maximum absolute atomic E-state index is 9.48. The molecule has 3 nitrogen and oxygen atoms in total. The Morgan fingerprint density at radius 3 is 2.81 bits per heavy atom. The molecule has 2 atom stereocenters. The molecule has 1 aliphatic heterocycles. The Labute approximate surface area is 101 Å². The zero-order chi connectivity index (χ0) is 11.7. The molecular weight excluding hydrogens is 224 g/mol. The SMILES string of the molecule is CC(N)c1ccc(N2CCC(O)C2)cc1Cl. The predicted octanol–water partition coefficient (Wildman–Crippen LogP) is 1.93. The van der Waals surface area contributed by atoms with E-state index in [0.29, 0.717) is 11.6 Å². The number of rotatable bonds is 2. The predicted molar refractivity (Wildman–Crippen MR) is 66.9 cm³/mol. The van der Waals surface area contributed by atoms with Gasteiger partial charge in [-0.15, -0.1) is 0 Å². The lowest BCUT2D eigenvalue weighted by atomic mass is 10.1. The number of halogens is 1. The van der Waals surface area contributed by atoms with Gasteiger partial charge >= 0.3 is 0 Å². The molecule has 0 aromatic heterocycles. The zero-order valence-electron chi connectivity index (χ0n) is 9.36. The monoisotopic (exact) mass is 240 g/mol. The van der Waals surface area contributed by atoms with Gasteiger partial charge in [0, 0.05) is 29.8 Å². The summed E-state index contributed by atoms with van der Waals surface area (Å²) in [7, 11) is 0. The van der Waals surface area contributed by atoms with Crippen molar-refractivity contribution in [1.29, 1.82) is 0 Å². The molecule has 0 amide bonds. The van der Waals surface area contributed by atoms with E-state index in [-0.39, 0.29) is 12.1 Å². The minimum absolute atomic E-state index is 0.0503. The van der Waals surface area contributed by atoms with Crippen LogP contribution in [-0.2, 0) is 0 Å². The standard InChI is InChI=1S/C12H17ClN2O/c1-8(14)11-3-2-9(6-12(11)13)15-5-4-10(16)7-15/h2-3,6,8,10,16H,4-5,7,14H2,1H3. The first-order valence-electron chi connectivity index (χ1n) is 5.56. The molecule has 0 bridgehead atoms. The third-order valence-corrected chi connectivity index (χ3v) is 3.33. The fourth-order valence-electron chi connectivity index (χ4n) is 2.06. The number of anilines is 1. The van der Waals surface area contributed by atoms with Crippen LogP contribution in [0.25, 0.3) is 0 Å². The Kier molecular flexibility index (Phi) is 3.38. The van der Waals surface area contributed by atoms with Crippen molar-refractivity contribution in [3.8, 4) is 0 Å². The third kappa shape index (κ3) is 2.32. The lowest BCUT2D eigenvalue weighted by Gasteiger charge is -2.19. The van der Waals surface area contributed by atoms with Crippen LogP contribution >= 0.6 is 11.6 Å². The maximum atomic E-state index is 9.48. The largest absolute Gasteiger partial charge is 0.391 e. The van der Waals surface area contributed by atoms with Gasteiger partial charge in [-0.05, 0) is 31.0 Å². The van der Waals surface area contributed by atoms with Crippen LogP contribution in [0.5, 0.6) is 0 Å². The summed E-state index contributed by atoms with van der Waals surface area (Å²) in [6.45, 7) is 3.49. The second-order valence-electron chi connectivity index (χ2n) is 4.38. The molecule has 1 saturated heterocycles. The summed E-state index contributed by atoms with van der Waals surface area (Å²) in [5, 5.41) is 10.2. The average Bonchev–Trinajstić information content (AvgIpc) is 2.64. The van der Waals surface area contributed by atoms with Crippen molar-refractivity contribution in [3.05, 3.63) is 28.8 Å². The van der Waals surface area contributed by atoms with Crippen molar-refractivity contribution in [2.45, 2.75) is 25.5 Å². The fourth-order valence-corrected chi connectivity index (χ4v) is 2.41. The zero-order valence-corrected chi connectivity index (χ0v) is 10.1. The van der Waals surface area contributed by atoms with Crippen molar-refractivity contribution >= 4 is 17.3 Å². The highest BCUT2D eigenvalue weighted by Crippen LogP contribution is 2.28. The number of hydrogen-bond acceptors (Lipinski definition) is 3. The summed E-state index contributed by atoms with van der Waals surface area (Å²) in [5.74, 6) is 0. The second kappa shape index (κ2) is 4.62. The molecule has 4 heteroatoms. The van der Waals surface area contributed by atoms with Gasteiger partial charge in [-0.2, -0.15) is 0 Å². The van der Waals surface area contributed by atoms with E-state index in [1.807, 2.05) is 25.1 Å². The second-order valence-corrected chi connectivity index (χ2v) is 4.79. The minimum Gasteiger partial charge on any atom is -0.391 e. The summed E-state index contributed by atoms with van der Waals surface area (Å²) >= 11 is 6.17. The highest BCUT2D eigenvalue weighted by atomic mass is 35.5. The summed E-state index contributed by atoms with van der Waals surface area (Å²) in [6.07, 6.45) is 0.610. The minimum atomic E-state index is -0.216. The van der Waals surface area contributed by atoms with E-state index >= 15 is 0 Å². The van der Waals surface area contributed by atoms with E-state index in [4.69, 9.17) is 17.3 Å².